The van der Waals surface area contributed by atoms with Gasteiger partial charge in [-0.2, -0.15) is 5.26 Å². The minimum Gasteiger partial charge on any atom is -0.198 e. The normalized spacial score (nSPS) is 34.0. The lowest BCUT2D eigenvalue weighted by Gasteiger charge is -2.41. The van der Waals surface area contributed by atoms with E-state index in [4.69, 9.17) is 0 Å². The molecule has 0 spiro atoms. The summed E-state index contributed by atoms with van der Waals surface area (Å²) in [5.74, 6) is 2.96. The van der Waals surface area contributed by atoms with E-state index in [2.05, 4.69) is 19.9 Å². The van der Waals surface area contributed by atoms with Crippen molar-refractivity contribution in [3.05, 3.63) is 0 Å². The zero-order chi connectivity index (χ0) is 17.3. The van der Waals surface area contributed by atoms with Gasteiger partial charge in [-0.25, -0.2) is 0 Å². The van der Waals surface area contributed by atoms with Gasteiger partial charge in [-0.05, 0) is 62.7 Å². The summed E-state index contributed by atoms with van der Waals surface area (Å²) < 4.78 is 0. The van der Waals surface area contributed by atoms with E-state index in [0.717, 1.165) is 24.2 Å². The Hall–Kier alpha value is -0.510. The molecule has 2 aliphatic rings. The monoisotopic (exact) mass is 331 g/mol. The van der Waals surface area contributed by atoms with E-state index in [1.54, 1.807) is 0 Å². The Morgan fingerprint density at radius 1 is 0.792 bits per heavy atom. The molecule has 24 heavy (non-hydrogen) atoms. The van der Waals surface area contributed by atoms with Crippen LogP contribution in [0.4, 0.5) is 0 Å². The smallest absolute Gasteiger partial charge is 0.0689 e. The summed E-state index contributed by atoms with van der Waals surface area (Å²) in [6.45, 7) is 4.55. The topological polar surface area (TPSA) is 23.8 Å². The zero-order valence-corrected chi connectivity index (χ0v) is 16.5. The van der Waals surface area contributed by atoms with Gasteiger partial charge in [0.2, 0.25) is 0 Å². The molecule has 0 radical (unpaired) electrons. The van der Waals surface area contributed by atoms with Crippen LogP contribution in [-0.2, 0) is 0 Å². The first-order chi connectivity index (χ1) is 11.7. The predicted molar refractivity (Wildman–Crippen MR) is 104 cm³/mol. The predicted octanol–water partition coefficient (Wildman–Crippen LogP) is 7.65. The van der Waals surface area contributed by atoms with Crippen molar-refractivity contribution >= 4 is 0 Å². The Labute approximate surface area is 151 Å². The molecule has 0 unspecified atom stereocenters. The number of rotatable bonds is 9. The Morgan fingerprint density at radius 2 is 1.42 bits per heavy atom. The Morgan fingerprint density at radius 3 is 2.00 bits per heavy atom. The van der Waals surface area contributed by atoms with Gasteiger partial charge in [-0.1, -0.05) is 71.6 Å². The molecule has 0 heterocycles. The van der Waals surface area contributed by atoms with Crippen molar-refractivity contribution in [2.75, 3.05) is 0 Å². The second kappa shape index (κ2) is 10.5. The van der Waals surface area contributed by atoms with Crippen LogP contribution in [0.25, 0.3) is 0 Å². The molecule has 0 bridgehead atoms. The third-order valence-electron chi connectivity index (χ3n) is 7.26. The molecule has 0 aliphatic heterocycles. The Balaban J connectivity index is 1.67. The lowest BCUT2D eigenvalue weighted by molar-refractivity contribution is 0.115. The molecule has 0 aromatic carbocycles. The maximum Gasteiger partial charge on any atom is 0.0689 e. The molecular weight excluding hydrogens is 290 g/mol. The lowest BCUT2D eigenvalue weighted by Crippen LogP contribution is -2.31. The first-order valence-electron chi connectivity index (χ1n) is 11.1. The van der Waals surface area contributed by atoms with E-state index in [9.17, 15) is 5.26 Å². The summed E-state index contributed by atoms with van der Waals surface area (Å²) in [5.41, 5.74) is 0.0446. The highest BCUT2D eigenvalue weighted by Crippen LogP contribution is 2.47. The van der Waals surface area contributed by atoms with E-state index in [-0.39, 0.29) is 5.41 Å². The highest BCUT2D eigenvalue weighted by molar-refractivity contribution is 5.02. The summed E-state index contributed by atoms with van der Waals surface area (Å²) in [5, 5.41) is 9.67. The van der Waals surface area contributed by atoms with Crippen molar-refractivity contribution in [3.63, 3.8) is 0 Å². The van der Waals surface area contributed by atoms with Crippen molar-refractivity contribution in [1.82, 2.24) is 0 Å². The van der Waals surface area contributed by atoms with Crippen molar-refractivity contribution in [2.45, 2.75) is 117 Å². The van der Waals surface area contributed by atoms with Gasteiger partial charge in [0.15, 0.2) is 0 Å². The fourth-order valence-electron chi connectivity index (χ4n) is 5.41. The molecule has 0 aromatic rings. The quantitative estimate of drug-likeness (QED) is 0.398. The van der Waals surface area contributed by atoms with Crippen LogP contribution in [0.2, 0.25) is 0 Å². The molecule has 0 amide bonds. The number of hydrogen-bond acceptors (Lipinski definition) is 1. The Bertz CT molecular complexity index is 364. The van der Waals surface area contributed by atoms with Crippen LogP contribution >= 0.6 is 0 Å². The molecule has 0 saturated heterocycles. The van der Waals surface area contributed by atoms with Crippen molar-refractivity contribution in [1.29, 1.82) is 5.26 Å². The van der Waals surface area contributed by atoms with Crippen LogP contribution in [0.5, 0.6) is 0 Å². The van der Waals surface area contributed by atoms with E-state index >= 15 is 0 Å². The molecule has 0 atom stereocenters. The third kappa shape index (κ3) is 5.79. The molecule has 0 aromatic heterocycles. The number of nitriles is 1. The largest absolute Gasteiger partial charge is 0.198 e. The lowest BCUT2D eigenvalue weighted by atomic mass is 9.63. The molecule has 1 nitrogen and oxygen atoms in total. The minimum absolute atomic E-state index is 0.0446. The van der Waals surface area contributed by atoms with E-state index in [1.807, 2.05) is 0 Å². The first kappa shape index (κ1) is 19.8. The molecule has 0 N–H and O–H groups in total. The van der Waals surface area contributed by atoms with Crippen molar-refractivity contribution < 1.29 is 0 Å². The standard InChI is InChI=1S/C23H41N/c1-3-5-7-8-9-20-10-12-21(13-11-20)22-14-17-23(19-24,18-15-22)16-6-4-2/h20-22H,3-18H2,1-2H3/t20?,21?,22-,23+. The van der Waals surface area contributed by atoms with Gasteiger partial charge in [0.1, 0.15) is 0 Å². The van der Waals surface area contributed by atoms with Crippen LogP contribution in [-0.4, -0.2) is 0 Å². The van der Waals surface area contributed by atoms with Crippen LogP contribution in [0.15, 0.2) is 0 Å². The highest BCUT2D eigenvalue weighted by atomic mass is 14.4. The van der Waals surface area contributed by atoms with Crippen LogP contribution in [0.1, 0.15) is 117 Å². The van der Waals surface area contributed by atoms with Gasteiger partial charge in [-0.3, -0.25) is 0 Å². The summed E-state index contributed by atoms with van der Waals surface area (Å²) in [6.07, 6.45) is 21.8. The molecule has 1 heteroatoms. The number of nitrogens with zero attached hydrogens (tertiary/aromatic N) is 1. The minimum atomic E-state index is 0.0446. The highest BCUT2D eigenvalue weighted by Gasteiger charge is 2.38. The van der Waals surface area contributed by atoms with E-state index in [1.165, 1.54) is 96.3 Å². The van der Waals surface area contributed by atoms with Crippen molar-refractivity contribution in [2.24, 2.45) is 23.2 Å². The fourth-order valence-corrected chi connectivity index (χ4v) is 5.41. The number of hydrogen-bond donors (Lipinski definition) is 0. The van der Waals surface area contributed by atoms with Gasteiger partial charge >= 0.3 is 0 Å². The average Bonchev–Trinajstić information content (AvgIpc) is 2.65. The summed E-state index contributed by atoms with van der Waals surface area (Å²) >= 11 is 0. The zero-order valence-electron chi connectivity index (χ0n) is 16.5. The second-order valence-electron chi connectivity index (χ2n) is 8.96. The van der Waals surface area contributed by atoms with E-state index in [0.29, 0.717) is 0 Å². The van der Waals surface area contributed by atoms with Gasteiger partial charge in [-0.15, -0.1) is 0 Å². The van der Waals surface area contributed by atoms with Crippen LogP contribution in [0, 0.1) is 34.5 Å². The third-order valence-corrected chi connectivity index (χ3v) is 7.26. The fraction of sp³-hybridized carbons (Fsp3) is 0.957. The summed E-state index contributed by atoms with van der Waals surface area (Å²) in [4.78, 5) is 0. The number of unbranched alkanes of at least 4 members (excludes halogenated alkanes) is 4. The maximum absolute atomic E-state index is 9.67. The van der Waals surface area contributed by atoms with Crippen LogP contribution in [0.3, 0.4) is 0 Å². The SMILES string of the molecule is CCCCCCC1CCC([C@H]2CC[C@](C#N)(CCCC)CC2)CC1. The first-order valence-corrected chi connectivity index (χ1v) is 11.1. The summed E-state index contributed by atoms with van der Waals surface area (Å²) in [6, 6.07) is 2.72. The molecule has 2 rings (SSSR count). The van der Waals surface area contributed by atoms with Crippen molar-refractivity contribution in [3.8, 4) is 6.07 Å². The molecule has 138 valence electrons. The van der Waals surface area contributed by atoms with E-state index < -0.39 is 0 Å². The van der Waals surface area contributed by atoms with Gasteiger partial charge < -0.3 is 0 Å². The molecular formula is C23H41N. The Kier molecular flexibility index (Phi) is 8.65. The van der Waals surface area contributed by atoms with Crippen LogP contribution < -0.4 is 0 Å². The summed E-state index contributed by atoms with van der Waals surface area (Å²) in [7, 11) is 0. The van der Waals surface area contributed by atoms with Gasteiger partial charge in [0.25, 0.3) is 0 Å². The van der Waals surface area contributed by atoms with Gasteiger partial charge in [0, 0.05) is 0 Å². The molecule has 2 aliphatic carbocycles. The molecule has 2 fully saturated rings. The van der Waals surface area contributed by atoms with Gasteiger partial charge in [0.05, 0.1) is 11.5 Å². The average molecular weight is 332 g/mol. The second-order valence-corrected chi connectivity index (χ2v) is 8.96. The maximum atomic E-state index is 9.67. The molecule has 2 saturated carbocycles.